The molecule has 0 amide bonds. The number of hydrogen-bond donors (Lipinski definition) is 0. The number of rotatable bonds is 7. The highest BCUT2D eigenvalue weighted by molar-refractivity contribution is 4.66. The summed E-state index contributed by atoms with van der Waals surface area (Å²) >= 11 is 0. The van der Waals surface area contributed by atoms with E-state index in [0.29, 0.717) is 0 Å². The van der Waals surface area contributed by atoms with E-state index >= 15 is 0 Å². The third kappa shape index (κ3) is 6.45. The van der Waals surface area contributed by atoms with Gasteiger partial charge in [0.05, 0.1) is 0 Å². The lowest BCUT2D eigenvalue weighted by atomic mass is 9.82. The van der Waals surface area contributed by atoms with Crippen molar-refractivity contribution in [2.24, 2.45) is 23.7 Å². The Morgan fingerprint density at radius 1 is 0.857 bits per heavy atom. The van der Waals surface area contributed by atoms with E-state index in [-0.39, 0.29) is 0 Å². The Labute approximate surface area is 91.5 Å². The zero-order valence-corrected chi connectivity index (χ0v) is 11.1. The van der Waals surface area contributed by atoms with Crippen molar-refractivity contribution in [3.63, 3.8) is 0 Å². The van der Waals surface area contributed by atoms with Gasteiger partial charge in [0.15, 0.2) is 0 Å². The van der Waals surface area contributed by atoms with E-state index in [1.165, 1.54) is 25.7 Å². The second kappa shape index (κ2) is 7.31. The molecule has 86 valence electrons. The summed E-state index contributed by atoms with van der Waals surface area (Å²) in [7, 11) is 0. The Morgan fingerprint density at radius 2 is 1.43 bits per heavy atom. The van der Waals surface area contributed by atoms with Crippen LogP contribution in [0.1, 0.15) is 67.2 Å². The summed E-state index contributed by atoms with van der Waals surface area (Å²) in [6.45, 7) is 14.1. The van der Waals surface area contributed by atoms with Crippen molar-refractivity contribution in [3.05, 3.63) is 0 Å². The van der Waals surface area contributed by atoms with E-state index in [2.05, 4.69) is 41.5 Å². The van der Waals surface area contributed by atoms with Crippen LogP contribution in [0.25, 0.3) is 0 Å². The molecule has 0 saturated heterocycles. The van der Waals surface area contributed by atoms with Gasteiger partial charge in [-0.25, -0.2) is 0 Å². The van der Waals surface area contributed by atoms with Gasteiger partial charge in [-0.15, -0.1) is 0 Å². The number of hydrogen-bond acceptors (Lipinski definition) is 0. The van der Waals surface area contributed by atoms with Gasteiger partial charge in [-0.2, -0.15) is 0 Å². The van der Waals surface area contributed by atoms with Gasteiger partial charge >= 0.3 is 0 Å². The Balaban J connectivity index is 3.85. The van der Waals surface area contributed by atoms with Crippen molar-refractivity contribution in [3.8, 4) is 0 Å². The minimum absolute atomic E-state index is 0.860. The predicted octanol–water partition coefficient (Wildman–Crippen LogP) is 5.13. The summed E-state index contributed by atoms with van der Waals surface area (Å²) in [6, 6.07) is 0. The molecule has 0 heteroatoms. The van der Waals surface area contributed by atoms with Crippen molar-refractivity contribution >= 4 is 0 Å². The van der Waals surface area contributed by atoms with E-state index in [9.17, 15) is 0 Å². The highest BCUT2D eigenvalue weighted by Crippen LogP contribution is 2.27. The molecule has 0 aliphatic heterocycles. The van der Waals surface area contributed by atoms with Crippen molar-refractivity contribution in [1.82, 2.24) is 0 Å². The molecule has 0 heterocycles. The standard InChI is InChI=1S/C14H30/c1-7-13(6)8-9-14(12(4)5)10-11(2)3/h11-14H,7-10H2,1-6H3. The van der Waals surface area contributed by atoms with E-state index in [1.54, 1.807) is 0 Å². The molecule has 0 rings (SSSR count). The first-order valence-corrected chi connectivity index (χ1v) is 6.47. The quantitative estimate of drug-likeness (QED) is 0.532. The summed E-state index contributed by atoms with van der Waals surface area (Å²) in [5, 5.41) is 0. The van der Waals surface area contributed by atoms with E-state index in [0.717, 1.165) is 23.7 Å². The molecular weight excluding hydrogens is 168 g/mol. The Morgan fingerprint density at radius 3 is 1.79 bits per heavy atom. The lowest BCUT2D eigenvalue weighted by Gasteiger charge is -2.24. The van der Waals surface area contributed by atoms with Crippen LogP contribution < -0.4 is 0 Å². The van der Waals surface area contributed by atoms with Crippen molar-refractivity contribution in [1.29, 1.82) is 0 Å². The summed E-state index contributed by atoms with van der Waals surface area (Å²) < 4.78 is 0. The van der Waals surface area contributed by atoms with E-state index in [1.807, 2.05) is 0 Å². The first kappa shape index (κ1) is 14.0. The molecule has 0 aliphatic rings. The Kier molecular flexibility index (Phi) is 7.31. The minimum Gasteiger partial charge on any atom is -0.0651 e. The molecule has 0 saturated carbocycles. The highest BCUT2D eigenvalue weighted by Gasteiger charge is 2.15. The van der Waals surface area contributed by atoms with Crippen LogP contribution in [-0.4, -0.2) is 0 Å². The minimum atomic E-state index is 0.860. The average Bonchev–Trinajstić information content (AvgIpc) is 2.10. The monoisotopic (exact) mass is 198 g/mol. The van der Waals surface area contributed by atoms with Crippen molar-refractivity contribution < 1.29 is 0 Å². The average molecular weight is 198 g/mol. The van der Waals surface area contributed by atoms with Crippen molar-refractivity contribution in [2.45, 2.75) is 67.2 Å². The van der Waals surface area contributed by atoms with Crippen LogP contribution in [0.3, 0.4) is 0 Å². The molecule has 2 atom stereocenters. The maximum Gasteiger partial charge on any atom is -0.0389 e. The Bertz CT molecular complexity index is 124. The lowest BCUT2D eigenvalue weighted by molar-refractivity contribution is 0.275. The van der Waals surface area contributed by atoms with Crippen LogP contribution >= 0.6 is 0 Å². The van der Waals surface area contributed by atoms with Crippen LogP contribution in [0, 0.1) is 23.7 Å². The molecule has 0 fully saturated rings. The van der Waals surface area contributed by atoms with Crippen molar-refractivity contribution in [2.75, 3.05) is 0 Å². The molecule has 14 heavy (non-hydrogen) atoms. The van der Waals surface area contributed by atoms with E-state index < -0.39 is 0 Å². The second-order valence-corrected chi connectivity index (χ2v) is 5.72. The van der Waals surface area contributed by atoms with Crippen LogP contribution in [0.4, 0.5) is 0 Å². The Hall–Kier alpha value is 0. The maximum atomic E-state index is 2.38. The highest BCUT2D eigenvalue weighted by atomic mass is 14.2. The van der Waals surface area contributed by atoms with Gasteiger partial charge in [-0.05, 0) is 36.5 Å². The molecular formula is C14H30. The van der Waals surface area contributed by atoms with Gasteiger partial charge < -0.3 is 0 Å². The fourth-order valence-electron chi connectivity index (χ4n) is 2.03. The van der Waals surface area contributed by atoms with E-state index in [4.69, 9.17) is 0 Å². The smallest absolute Gasteiger partial charge is 0.0389 e. The summed E-state index contributed by atoms with van der Waals surface area (Å²) in [6.07, 6.45) is 5.61. The van der Waals surface area contributed by atoms with Crippen LogP contribution in [-0.2, 0) is 0 Å². The molecule has 0 bridgehead atoms. The zero-order chi connectivity index (χ0) is 11.1. The third-order valence-electron chi connectivity index (χ3n) is 3.44. The largest absolute Gasteiger partial charge is 0.0651 e. The van der Waals surface area contributed by atoms with Gasteiger partial charge in [0.25, 0.3) is 0 Å². The van der Waals surface area contributed by atoms with Crippen LogP contribution in [0.15, 0.2) is 0 Å². The van der Waals surface area contributed by atoms with Gasteiger partial charge in [0, 0.05) is 0 Å². The van der Waals surface area contributed by atoms with Crippen LogP contribution in [0.2, 0.25) is 0 Å². The molecule has 0 nitrogen and oxygen atoms in total. The first-order chi connectivity index (χ1) is 6.47. The maximum absolute atomic E-state index is 2.38. The fraction of sp³-hybridized carbons (Fsp3) is 1.00. The SMILES string of the molecule is CCC(C)CCC(CC(C)C)C(C)C. The first-order valence-electron chi connectivity index (χ1n) is 6.47. The summed E-state index contributed by atoms with van der Waals surface area (Å²) in [5.41, 5.74) is 0. The lowest BCUT2D eigenvalue weighted by Crippen LogP contribution is -2.13. The van der Waals surface area contributed by atoms with Gasteiger partial charge in [-0.1, -0.05) is 54.4 Å². The topological polar surface area (TPSA) is 0 Å². The molecule has 0 aromatic carbocycles. The molecule has 2 unspecified atom stereocenters. The zero-order valence-electron chi connectivity index (χ0n) is 11.1. The van der Waals surface area contributed by atoms with Crippen LogP contribution in [0.5, 0.6) is 0 Å². The predicted molar refractivity (Wildman–Crippen MR) is 66.5 cm³/mol. The molecule has 0 aromatic rings. The summed E-state index contributed by atoms with van der Waals surface area (Å²) in [4.78, 5) is 0. The normalized spacial score (nSPS) is 16.3. The third-order valence-corrected chi connectivity index (χ3v) is 3.44. The van der Waals surface area contributed by atoms with Gasteiger partial charge in [-0.3, -0.25) is 0 Å². The second-order valence-electron chi connectivity index (χ2n) is 5.72. The fourth-order valence-corrected chi connectivity index (χ4v) is 2.03. The molecule has 0 spiro atoms. The van der Waals surface area contributed by atoms with Gasteiger partial charge in [0.2, 0.25) is 0 Å². The molecule has 0 N–H and O–H groups in total. The molecule has 0 aromatic heterocycles. The molecule has 0 radical (unpaired) electrons. The summed E-state index contributed by atoms with van der Waals surface area (Å²) in [5.74, 6) is 3.59. The van der Waals surface area contributed by atoms with Gasteiger partial charge in [0.1, 0.15) is 0 Å². The molecule has 0 aliphatic carbocycles.